The third kappa shape index (κ3) is 8.11. The quantitative estimate of drug-likeness (QED) is 0.583. The minimum absolute atomic E-state index is 0.0129. The van der Waals surface area contributed by atoms with Crippen molar-refractivity contribution >= 4 is 33.5 Å². The molecule has 0 atom stereocenters. The van der Waals surface area contributed by atoms with E-state index in [2.05, 4.69) is 5.32 Å². The van der Waals surface area contributed by atoms with Crippen molar-refractivity contribution in [3.05, 3.63) is 23.2 Å². The van der Waals surface area contributed by atoms with E-state index in [1.54, 1.807) is 17.9 Å². The van der Waals surface area contributed by atoms with Gasteiger partial charge in [-0.05, 0) is 18.2 Å². The number of carbonyl (C=O) groups is 2. The second-order valence-electron chi connectivity index (χ2n) is 6.48. The van der Waals surface area contributed by atoms with E-state index >= 15 is 0 Å². The van der Waals surface area contributed by atoms with Crippen LogP contribution in [0.3, 0.4) is 0 Å². The number of carboxylic acids is 1. The van der Waals surface area contributed by atoms with Crippen LogP contribution in [0.4, 0.5) is 13.2 Å². The summed E-state index contributed by atoms with van der Waals surface area (Å²) in [5, 5.41) is 10.6. The summed E-state index contributed by atoms with van der Waals surface area (Å²) in [5.74, 6) is -2.56. The van der Waals surface area contributed by atoms with Gasteiger partial charge in [0.1, 0.15) is 10.6 Å². The van der Waals surface area contributed by atoms with Crippen molar-refractivity contribution < 1.29 is 41.0 Å². The Balaban J connectivity index is 0.000000633. The van der Waals surface area contributed by atoms with Gasteiger partial charge >= 0.3 is 12.1 Å². The number of carboxylic acid groups (broad SMARTS) is 1. The summed E-state index contributed by atoms with van der Waals surface area (Å²) in [5.41, 5.74) is 0. The average Bonchev–Trinajstić information content (AvgIpc) is 2.74. The third-order valence-corrected chi connectivity index (χ3v) is 6.61. The maximum absolute atomic E-state index is 12.9. The summed E-state index contributed by atoms with van der Waals surface area (Å²) in [6, 6.07) is 4.47. The number of sulfonamides is 1. The van der Waals surface area contributed by atoms with Crippen LogP contribution in [0.25, 0.3) is 0 Å². The molecule has 0 aromatic heterocycles. The van der Waals surface area contributed by atoms with Gasteiger partial charge in [-0.25, -0.2) is 13.2 Å². The number of nitrogens with zero attached hydrogens (tertiary/aromatic N) is 2. The van der Waals surface area contributed by atoms with Crippen LogP contribution in [0, 0.1) is 0 Å². The lowest BCUT2D eigenvalue weighted by atomic mass is 10.3. The molecule has 1 aromatic carbocycles. The van der Waals surface area contributed by atoms with Gasteiger partial charge in [-0.3, -0.25) is 4.79 Å². The molecule has 2 N–H and O–H groups in total. The predicted molar refractivity (Wildman–Crippen MR) is 110 cm³/mol. The monoisotopic (exact) mass is 503 g/mol. The molecule has 0 radical (unpaired) electrons. The number of alkyl halides is 3. The highest BCUT2D eigenvalue weighted by Crippen LogP contribution is 2.29. The first-order valence-electron chi connectivity index (χ1n) is 9.46. The van der Waals surface area contributed by atoms with E-state index in [1.165, 1.54) is 23.5 Å². The van der Waals surface area contributed by atoms with Crippen LogP contribution < -0.4 is 10.1 Å². The van der Waals surface area contributed by atoms with Crippen molar-refractivity contribution in [2.24, 2.45) is 0 Å². The number of hydrogen-bond donors (Lipinski definition) is 2. The van der Waals surface area contributed by atoms with Gasteiger partial charge in [0.15, 0.2) is 0 Å². The molecule has 1 aromatic rings. The molecule has 0 aliphatic carbocycles. The Hall–Kier alpha value is -2.09. The molecule has 1 aliphatic heterocycles. The summed E-state index contributed by atoms with van der Waals surface area (Å²) in [6.45, 7) is 4.95. The third-order valence-electron chi connectivity index (χ3n) is 4.38. The molecule has 32 heavy (non-hydrogen) atoms. The fraction of sp³-hybridized carbons (Fsp3) is 0.556. The molecule has 0 saturated carbocycles. The number of hydrogen-bond acceptors (Lipinski definition) is 6. The minimum atomic E-state index is -5.08. The molecule has 1 heterocycles. The molecule has 0 spiro atoms. The highest BCUT2D eigenvalue weighted by Gasteiger charge is 2.38. The Morgan fingerprint density at radius 3 is 2.31 bits per heavy atom. The van der Waals surface area contributed by atoms with Crippen LogP contribution in [0.15, 0.2) is 23.1 Å². The van der Waals surface area contributed by atoms with E-state index in [0.29, 0.717) is 18.1 Å². The van der Waals surface area contributed by atoms with Crippen molar-refractivity contribution in [3.8, 4) is 5.75 Å². The molecular weight excluding hydrogens is 479 g/mol. The number of piperazine rings is 1. The van der Waals surface area contributed by atoms with E-state index < -0.39 is 22.2 Å². The number of aliphatic carboxylic acids is 1. The second-order valence-corrected chi connectivity index (χ2v) is 8.82. The first kappa shape index (κ1) is 27.9. The lowest BCUT2D eigenvalue weighted by molar-refractivity contribution is -0.192. The fourth-order valence-electron chi connectivity index (χ4n) is 2.73. The minimum Gasteiger partial charge on any atom is -0.495 e. The number of benzene rings is 1. The molecule has 1 fully saturated rings. The molecule has 1 aliphatic rings. The molecule has 182 valence electrons. The number of rotatable bonds is 7. The molecule has 0 unspecified atom stereocenters. The van der Waals surface area contributed by atoms with E-state index in [1.807, 2.05) is 0 Å². The largest absolute Gasteiger partial charge is 0.495 e. The van der Waals surface area contributed by atoms with Gasteiger partial charge < -0.3 is 20.1 Å². The zero-order chi connectivity index (χ0) is 24.5. The molecule has 0 bridgehead atoms. The standard InChI is InChI=1S/C16H24ClN3O4S.C2HF3O2/c1-3-20(9-6-16(21)19-10-7-18-8-11-19)25(22,23)15-12-13(17)4-5-14(15)24-2;3-2(4,5)1(6)7/h4-5,12,18H,3,6-11H2,1-2H3;(H,6,7). The predicted octanol–water partition coefficient (Wildman–Crippen LogP) is 1.81. The van der Waals surface area contributed by atoms with Gasteiger partial charge in [0.25, 0.3) is 0 Å². The second kappa shape index (κ2) is 12.2. The smallest absolute Gasteiger partial charge is 0.490 e. The van der Waals surface area contributed by atoms with Crippen molar-refractivity contribution in [1.82, 2.24) is 14.5 Å². The van der Waals surface area contributed by atoms with Gasteiger partial charge in [-0.2, -0.15) is 17.5 Å². The molecular formula is C18H25ClF3N3O6S. The lowest BCUT2D eigenvalue weighted by Gasteiger charge is -2.28. The summed E-state index contributed by atoms with van der Waals surface area (Å²) in [4.78, 5) is 23.0. The maximum Gasteiger partial charge on any atom is 0.490 e. The summed E-state index contributed by atoms with van der Waals surface area (Å²) in [6.07, 6.45) is -4.93. The number of carbonyl (C=O) groups excluding carboxylic acids is 1. The normalized spacial score (nSPS) is 14.5. The number of halogens is 4. The van der Waals surface area contributed by atoms with E-state index in [-0.39, 0.29) is 36.1 Å². The number of amides is 1. The Morgan fingerprint density at radius 2 is 1.84 bits per heavy atom. The first-order chi connectivity index (χ1) is 14.8. The van der Waals surface area contributed by atoms with E-state index in [0.717, 1.165) is 13.1 Å². The van der Waals surface area contributed by atoms with Crippen LogP contribution in [0.2, 0.25) is 5.02 Å². The van der Waals surface area contributed by atoms with E-state index in [4.69, 9.17) is 26.2 Å². The van der Waals surface area contributed by atoms with Gasteiger partial charge in [0, 0.05) is 50.7 Å². The zero-order valence-corrected chi connectivity index (χ0v) is 19.1. The number of ether oxygens (including phenoxy) is 1. The highest BCUT2D eigenvalue weighted by atomic mass is 35.5. The van der Waals surface area contributed by atoms with Crippen LogP contribution in [0.5, 0.6) is 5.75 Å². The fourth-order valence-corrected chi connectivity index (χ4v) is 4.60. The topological polar surface area (TPSA) is 116 Å². The summed E-state index contributed by atoms with van der Waals surface area (Å²) >= 11 is 5.95. The Bertz CT molecular complexity index is 892. The van der Waals surface area contributed by atoms with Gasteiger partial charge in [-0.15, -0.1) is 0 Å². The van der Waals surface area contributed by atoms with Crippen LogP contribution in [-0.2, 0) is 19.6 Å². The molecule has 9 nitrogen and oxygen atoms in total. The molecule has 2 rings (SSSR count). The first-order valence-corrected chi connectivity index (χ1v) is 11.3. The van der Waals surface area contributed by atoms with Crippen LogP contribution in [-0.4, -0.2) is 87.2 Å². The number of methoxy groups -OCH3 is 1. The van der Waals surface area contributed by atoms with Gasteiger partial charge in [0.2, 0.25) is 15.9 Å². The van der Waals surface area contributed by atoms with Crippen molar-refractivity contribution in [1.29, 1.82) is 0 Å². The van der Waals surface area contributed by atoms with Crippen LogP contribution >= 0.6 is 11.6 Å². The highest BCUT2D eigenvalue weighted by molar-refractivity contribution is 7.89. The van der Waals surface area contributed by atoms with Gasteiger partial charge in [-0.1, -0.05) is 18.5 Å². The SMILES string of the molecule is CCN(CCC(=O)N1CCNCC1)S(=O)(=O)c1cc(Cl)ccc1OC.O=C(O)C(F)(F)F. The summed E-state index contributed by atoms with van der Waals surface area (Å²) in [7, 11) is -2.39. The maximum atomic E-state index is 12.9. The molecule has 14 heteroatoms. The Labute approximate surface area is 189 Å². The van der Waals surface area contributed by atoms with Crippen molar-refractivity contribution in [2.75, 3.05) is 46.4 Å². The number of nitrogens with one attached hydrogen (secondary N) is 1. The molecule has 1 amide bonds. The zero-order valence-electron chi connectivity index (χ0n) is 17.5. The Kier molecular flexibility index (Phi) is 10.7. The van der Waals surface area contributed by atoms with Crippen molar-refractivity contribution in [2.45, 2.75) is 24.4 Å². The van der Waals surface area contributed by atoms with Gasteiger partial charge in [0.05, 0.1) is 7.11 Å². The summed E-state index contributed by atoms with van der Waals surface area (Å²) < 4.78 is 64.0. The van der Waals surface area contributed by atoms with Crippen LogP contribution in [0.1, 0.15) is 13.3 Å². The Morgan fingerprint density at radius 1 is 1.28 bits per heavy atom. The van der Waals surface area contributed by atoms with E-state index in [9.17, 15) is 26.4 Å². The lowest BCUT2D eigenvalue weighted by Crippen LogP contribution is -2.47. The average molecular weight is 504 g/mol. The molecule has 1 saturated heterocycles. The van der Waals surface area contributed by atoms with Crippen molar-refractivity contribution in [3.63, 3.8) is 0 Å².